The van der Waals surface area contributed by atoms with Crippen LogP contribution in [0.5, 0.6) is 0 Å². The molecule has 1 aliphatic rings. The molecule has 0 spiro atoms. The summed E-state index contributed by atoms with van der Waals surface area (Å²) in [5.41, 5.74) is 10.9. The first kappa shape index (κ1) is 12.9. The van der Waals surface area contributed by atoms with Crippen LogP contribution in [0, 0.1) is 5.92 Å². The van der Waals surface area contributed by atoms with E-state index in [-0.39, 0.29) is 6.04 Å². The van der Waals surface area contributed by atoms with Gasteiger partial charge in [-0.1, -0.05) is 41.6 Å². The summed E-state index contributed by atoms with van der Waals surface area (Å²) in [7, 11) is 0. The fraction of sp³-hybridized carbons (Fsp3) is 0.538. The standard InChI is InChI=1S/C13H20BrN3/c14-10-5-6-12(15)11(8-10)13(17-16)7-9-3-1-2-4-9/h5-6,8-9,13,17H,1-4,7,15-16H2. The van der Waals surface area contributed by atoms with Gasteiger partial charge in [0.05, 0.1) is 0 Å². The molecule has 17 heavy (non-hydrogen) atoms. The van der Waals surface area contributed by atoms with Crippen molar-refractivity contribution in [3.8, 4) is 0 Å². The van der Waals surface area contributed by atoms with E-state index in [1.54, 1.807) is 0 Å². The van der Waals surface area contributed by atoms with Crippen molar-refractivity contribution in [3.63, 3.8) is 0 Å². The molecule has 94 valence electrons. The molecule has 0 aliphatic heterocycles. The summed E-state index contributed by atoms with van der Waals surface area (Å²) in [5, 5.41) is 0. The van der Waals surface area contributed by atoms with Gasteiger partial charge in [0.1, 0.15) is 0 Å². The first-order chi connectivity index (χ1) is 8.20. The summed E-state index contributed by atoms with van der Waals surface area (Å²) in [6, 6.07) is 6.12. The van der Waals surface area contributed by atoms with E-state index in [4.69, 9.17) is 11.6 Å². The third kappa shape index (κ3) is 3.21. The van der Waals surface area contributed by atoms with E-state index in [9.17, 15) is 0 Å². The minimum absolute atomic E-state index is 0.163. The molecule has 2 rings (SSSR count). The molecule has 1 unspecified atom stereocenters. The number of nitrogen functional groups attached to an aromatic ring is 1. The van der Waals surface area contributed by atoms with Crippen LogP contribution in [0.15, 0.2) is 22.7 Å². The lowest BCUT2D eigenvalue weighted by atomic mass is 9.93. The molecule has 1 saturated carbocycles. The number of hydrogen-bond donors (Lipinski definition) is 3. The quantitative estimate of drug-likeness (QED) is 0.454. The van der Waals surface area contributed by atoms with Crippen molar-refractivity contribution in [2.75, 3.05) is 5.73 Å². The molecule has 4 heteroatoms. The van der Waals surface area contributed by atoms with Crippen molar-refractivity contribution in [2.45, 2.75) is 38.1 Å². The second-order valence-electron chi connectivity index (χ2n) is 4.88. The average Bonchev–Trinajstić information content (AvgIpc) is 2.82. The van der Waals surface area contributed by atoms with Crippen molar-refractivity contribution in [3.05, 3.63) is 28.2 Å². The maximum Gasteiger partial charge on any atom is 0.0483 e. The van der Waals surface area contributed by atoms with Crippen molar-refractivity contribution in [1.82, 2.24) is 5.43 Å². The van der Waals surface area contributed by atoms with Gasteiger partial charge in [-0.05, 0) is 36.1 Å². The molecule has 1 aliphatic carbocycles. The van der Waals surface area contributed by atoms with Crippen LogP contribution in [0.25, 0.3) is 0 Å². The summed E-state index contributed by atoms with van der Waals surface area (Å²) < 4.78 is 1.05. The minimum atomic E-state index is 0.163. The number of nitrogens with one attached hydrogen (secondary N) is 1. The SMILES string of the molecule is NNC(CC1CCCC1)c1cc(Br)ccc1N. The summed E-state index contributed by atoms with van der Waals surface area (Å²) in [4.78, 5) is 0. The maximum absolute atomic E-state index is 6.02. The van der Waals surface area contributed by atoms with Crippen LogP contribution in [0.1, 0.15) is 43.7 Å². The molecule has 0 amide bonds. The number of hydrazine groups is 1. The van der Waals surface area contributed by atoms with Gasteiger partial charge in [0.15, 0.2) is 0 Å². The molecular formula is C13H20BrN3. The van der Waals surface area contributed by atoms with Crippen molar-refractivity contribution >= 4 is 21.6 Å². The molecular weight excluding hydrogens is 278 g/mol. The third-order valence-electron chi connectivity index (χ3n) is 3.67. The van der Waals surface area contributed by atoms with Crippen LogP contribution >= 0.6 is 15.9 Å². The molecule has 0 heterocycles. The zero-order valence-electron chi connectivity index (χ0n) is 9.95. The smallest absolute Gasteiger partial charge is 0.0483 e. The molecule has 0 saturated heterocycles. The van der Waals surface area contributed by atoms with Gasteiger partial charge in [-0.25, -0.2) is 0 Å². The number of anilines is 1. The lowest BCUT2D eigenvalue weighted by molar-refractivity contribution is 0.401. The van der Waals surface area contributed by atoms with Gasteiger partial charge < -0.3 is 5.73 Å². The Bertz CT molecular complexity index is 375. The second kappa shape index (κ2) is 5.85. The van der Waals surface area contributed by atoms with Crippen LogP contribution in [-0.2, 0) is 0 Å². The molecule has 0 bridgehead atoms. The van der Waals surface area contributed by atoms with E-state index >= 15 is 0 Å². The van der Waals surface area contributed by atoms with Crippen molar-refractivity contribution in [2.24, 2.45) is 11.8 Å². The zero-order chi connectivity index (χ0) is 12.3. The Labute approximate surface area is 111 Å². The highest BCUT2D eigenvalue weighted by molar-refractivity contribution is 9.10. The molecule has 1 atom stereocenters. The van der Waals surface area contributed by atoms with E-state index < -0.39 is 0 Å². The Balaban J connectivity index is 2.13. The van der Waals surface area contributed by atoms with Gasteiger partial charge in [-0.2, -0.15) is 0 Å². The van der Waals surface area contributed by atoms with Crippen molar-refractivity contribution in [1.29, 1.82) is 0 Å². The highest BCUT2D eigenvalue weighted by Gasteiger charge is 2.21. The number of rotatable bonds is 4. The van der Waals surface area contributed by atoms with E-state index in [0.717, 1.165) is 28.1 Å². The average molecular weight is 298 g/mol. The molecule has 0 aromatic heterocycles. The molecule has 1 aromatic rings. The highest BCUT2D eigenvalue weighted by Crippen LogP contribution is 2.35. The minimum Gasteiger partial charge on any atom is -0.398 e. The topological polar surface area (TPSA) is 64.1 Å². The van der Waals surface area contributed by atoms with E-state index in [0.29, 0.717) is 0 Å². The number of hydrogen-bond acceptors (Lipinski definition) is 3. The first-order valence-corrected chi connectivity index (χ1v) is 7.01. The lowest BCUT2D eigenvalue weighted by Gasteiger charge is -2.21. The van der Waals surface area contributed by atoms with Gasteiger partial charge >= 0.3 is 0 Å². The Morgan fingerprint density at radius 2 is 2.06 bits per heavy atom. The Hall–Kier alpha value is -0.580. The fourth-order valence-corrected chi connectivity index (χ4v) is 3.09. The first-order valence-electron chi connectivity index (χ1n) is 6.21. The summed E-state index contributed by atoms with van der Waals surface area (Å²) in [6.07, 6.45) is 6.45. The van der Waals surface area contributed by atoms with Crippen LogP contribution in [0.3, 0.4) is 0 Å². The fourth-order valence-electron chi connectivity index (χ4n) is 2.71. The molecule has 1 aromatic carbocycles. The third-order valence-corrected chi connectivity index (χ3v) is 4.16. The zero-order valence-corrected chi connectivity index (χ0v) is 11.5. The second-order valence-corrected chi connectivity index (χ2v) is 5.79. The molecule has 1 fully saturated rings. The summed E-state index contributed by atoms with van der Waals surface area (Å²) in [5.74, 6) is 6.47. The van der Waals surface area contributed by atoms with Gasteiger partial charge in [0.2, 0.25) is 0 Å². The van der Waals surface area contributed by atoms with E-state index in [1.165, 1.54) is 25.7 Å². The number of nitrogens with two attached hydrogens (primary N) is 2. The van der Waals surface area contributed by atoms with Gasteiger partial charge in [0.25, 0.3) is 0 Å². The molecule has 5 N–H and O–H groups in total. The van der Waals surface area contributed by atoms with Crippen LogP contribution in [0.4, 0.5) is 5.69 Å². The number of halogens is 1. The van der Waals surface area contributed by atoms with Gasteiger partial charge in [-0.3, -0.25) is 11.3 Å². The lowest BCUT2D eigenvalue weighted by Crippen LogP contribution is -2.30. The van der Waals surface area contributed by atoms with Gasteiger partial charge in [0, 0.05) is 16.2 Å². The number of benzene rings is 1. The Morgan fingerprint density at radius 3 is 2.71 bits per heavy atom. The summed E-state index contributed by atoms with van der Waals surface area (Å²) >= 11 is 3.48. The maximum atomic E-state index is 6.02. The van der Waals surface area contributed by atoms with E-state index in [1.807, 2.05) is 12.1 Å². The van der Waals surface area contributed by atoms with Crippen LogP contribution < -0.4 is 17.0 Å². The summed E-state index contributed by atoms with van der Waals surface area (Å²) in [6.45, 7) is 0. The predicted molar refractivity (Wildman–Crippen MR) is 75.2 cm³/mol. The molecule has 0 radical (unpaired) electrons. The predicted octanol–water partition coefficient (Wildman–Crippen LogP) is 3.12. The van der Waals surface area contributed by atoms with Crippen molar-refractivity contribution < 1.29 is 0 Å². The largest absolute Gasteiger partial charge is 0.398 e. The Kier molecular flexibility index (Phi) is 4.42. The Morgan fingerprint density at radius 1 is 1.35 bits per heavy atom. The normalized spacial score (nSPS) is 18.5. The van der Waals surface area contributed by atoms with E-state index in [2.05, 4.69) is 27.4 Å². The van der Waals surface area contributed by atoms with Crippen LogP contribution in [-0.4, -0.2) is 0 Å². The molecule has 3 nitrogen and oxygen atoms in total. The highest BCUT2D eigenvalue weighted by atomic mass is 79.9. The van der Waals surface area contributed by atoms with Gasteiger partial charge in [-0.15, -0.1) is 0 Å². The van der Waals surface area contributed by atoms with Crippen LogP contribution in [0.2, 0.25) is 0 Å². The monoisotopic (exact) mass is 297 g/mol.